The second-order valence-corrected chi connectivity index (χ2v) is 5.71. The molecule has 0 atom stereocenters. The number of pyridine rings is 1. The van der Waals surface area contributed by atoms with Gasteiger partial charge in [-0.3, -0.25) is 9.89 Å². The molecular formula is C17H17N5O2. The number of nitrogens with zero attached hydrogens (tertiary/aromatic N) is 3. The lowest BCUT2D eigenvalue weighted by Crippen LogP contribution is -2.40. The summed E-state index contributed by atoms with van der Waals surface area (Å²) in [5, 5.41) is 7.53. The number of carbonyl (C=O) groups excluding carboxylic acids is 1. The van der Waals surface area contributed by atoms with Crippen LogP contribution in [-0.2, 0) is 4.74 Å². The molecule has 1 aliphatic rings. The highest BCUT2D eigenvalue weighted by molar-refractivity contribution is 5.95. The summed E-state index contributed by atoms with van der Waals surface area (Å²) in [4.78, 5) is 18.6. The van der Waals surface area contributed by atoms with Gasteiger partial charge < -0.3 is 15.4 Å². The number of hydrogen-bond acceptors (Lipinski definition) is 5. The third kappa shape index (κ3) is 2.59. The van der Waals surface area contributed by atoms with Crippen molar-refractivity contribution >= 4 is 22.8 Å². The number of ether oxygens (including phenoxy) is 1. The van der Waals surface area contributed by atoms with Gasteiger partial charge in [-0.25, -0.2) is 4.98 Å². The molecule has 1 aliphatic heterocycles. The number of nitrogen functional groups attached to an aromatic ring is 1. The van der Waals surface area contributed by atoms with Crippen LogP contribution < -0.4 is 5.73 Å². The molecule has 122 valence electrons. The number of aromatic amines is 1. The Kier molecular flexibility index (Phi) is 3.62. The second kappa shape index (κ2) is 5.93. The van der Waals surface area contributed by atoms with Gasteiger partial charge >= 0.3 is 0 Å². The summed E-state index contributed by atoms with van der Waals surface area (Å²) in [6.45, 7) is 2.48. The summed E-state index contributed by atoms with van der Waals surface area (Å²) in [5.74, 6) is 0.538. The van der Waals surface area contributed by atoms with Crippen molar-refractivity contribution in [2.45, 2.75) is 0 Å². The summed E-state index contributed by atoms with van der Waals surface area (Å²) in [5.41, 5.74) is 9.03. The van der Waals surface area contributed by atoms with Crippen molar-refractivity contribution in [1.82, 2.24) is 20.1 Å². The first-order valence-electron chi connectivity index (χ1n) is 7.79. The Labute approximate surface area is 138 Å². The van der Waals surface area contributed by atoms with Gasteiger partial charge in [-0.05, 0) is 23.8 Å². The number of fused-ring (bicyclic) bond motifs is 1. The number of rotatable bonds is 2. The van der Waals surface area contributed by atoms with Gasteiger partial charge in [0.05, 0.1) is 18.6 Å². The molecule has 3 heterocycles. The Balaban J connectivity index is 1.60. The van der Waals surface area contributed by atoms with E-state index >= 15 is 0 Å². The topological polar surface area (TPSA) is 97.1 Å². The molecule has 0 saturated carbocycles. The molecule has 0 unspecified atom stereocenters. The lowest BCUT2D eigenvalue weighted by Gasteiger charge is -2.26. The lowest BCUT2D eigenvalue weighted by atomic mass is 10.0. The van der Waals surface area contributed by atoms with Crippen LogP contribution in [0.25, 0.3) is 22.2 Å². The van der Waals surface area contributed by atoms with Crippen LogP contribution in [0.15, 0.2) is 36.5 Å². The summed E-state index contributed by atoms with van der Waals surface area (Å²) in [6, 6.07) is 9.48. The predicted molar refractivity (Wildman–Crippen MR) is 90.5 cm³/mol. The van der Waals surface area contributed by atoms with Crippen LogP contribution in [0.3, 0.4) is 0 Å². The zero-order valence-corrected chi connectivity index (χ0v) is 13.0. The van der Waals surface area contributed by atoms with Crippen molar-refractivity contribution in [3.8, 4) is 11.1 Å². The average molecular weight is 323 g/mol. The molecule has 0 spiro atoms. The van der Waals surface area contributed by atoms with Crippen molar-refractivity contribution in [2.24, 2.45) is 0 Å². The number of nitrogens with two attached hydrogens (primary N) is 1. The van der Waals surface area contributed by atoms with Gasteiger partial charge in [0.1, 0.15) is 5.82 Å². The molecule has 7 heteroatoms. The number of H-pyrrole nitrogens is 1. The molecule has 0 bridgehead atoms. The molecule has 0 aliphatic carbocycles. The summed E-state index contributed by atoms with van der Waals surface area (Å²) in [7, 11) is 0. The Bertz CT molecular complexity index is 882. The fourth-order valence-electron chi connectivity index (χ4n) is 2.83. The molecule has 2 aromatic heterocycles. The van der Waals surface area contributed by atoms with Gasteiger partial charge in [-0.15, -0.1) is 0 Å². The van der Waals surface area contributed by atoms with E-state index in [-0.39, 0.29) is 5.91 Å². The fraction of sp³-hybridized carbons (Fsp3) is 0.235. The van der Waals surface area contributed by atoms with E-state index in [1.165, 1.54) is 0 Å². The Hall–Kier alpha value is -2.93. The van der Waals surface area contributed by atoms with E-state index in [4.69, 9.17) is 10.5 Å². The van der Waals surface area contributed by atoms with Crippen LogP contribution in [0.1, 0.15) is 10.4 Å². The summed E-state index contributed by atoms with van der Waals surface area (Å²) >= 11 is 0. The first-order chi connectivity index (χ1) is 11.7. The van der Waals surface area contributed by atoms with Gasteiger partial charge in [-0.2, -0.15) is 5.10 Å². The van der Waals surface area contributed by atoms with Gasteiger partial charge in [0, 0.05) is 30.4 Å². The quantitative estimate of drug-likeness (QED) is 0.748. The Morgan fingerprint density at radius 1 is 1.17 bits per heavy atom. The summed E-state index contributed by atoms with van der Waals surface area (Å²) in [6.07, 6.45) is 1.75. The van der Waals surface area contributed by atoms with E-state index in [1.807, 2.05) is 35.2 Å². The molecule has 24 heavy (non-hydrogen) atoms. The third-order valence-corrected chi connectivity index (χ3v) is 4.20. The molecule has 1 saturated heterocycles. The first-order valence-corrected chi connectivity index (χ1v) is 7.79. The predicted octanol–water partition coefficient (Wildman–Crippen LogP) is 1.68. The van der Waals surface area contributed by atoms with E-state index in [2.05, 4.69) is 15.2 Å². The SMILES string of the molecule is Nc1[nH]nc2ncc(-c3ccc(C(=O)N4CCOCC4)cc3)cc12. The molecule has 1 aromatic carbocycles. The van der Waals surface area contributed by atoms with Crippen LogP contribution in [0.4, 0.5) is 5.82 Å². The number of aromatic nitrogens is 3. The maximum Gasteiger partial charge on any atom is 0.254 e. The molecular weight excluding hydrogens is 306 g/mol. The van der Waals surface area contributed by atoms with Gasteiger partial charge in [0.25, 0.3) is 5.91 Å². The van der Waals surface area contributed by atoms with Gasteiger partial charge in [0.15, 0.2) is 5.65 Å². The Morgan fingerprint density at radius 3 is 2.67 bits per heavy atom. The highest BCUT2D eigenvalue weighted by atomic mass is 16.5. The smallest absolute Gasteiger partial charge is 0.254 e. The lowest BCUT2D eigenvalue weighted by molar-refractivity contribution is 0.0303. The summed E-state index contributed by atoms with van der Waals surface area (Å²) < 4.78 is 5.28. The largest absolute Gasteiger partial charge is 0.384 e. The number of anilines is 1. The van der Waals surface area contributed by atoms with E-state index in [0.29, 0.717) is 43.3 Å². The average Bonchev–Trinajstić information content (AvgIpc) is 3.02. The van der Waals surface area contributed by atoms with Crippen molar-refractivity contribution in [3.05, 3.63) is 42.1 Å². The van der Waals surface area contributed by atoms with Crippen molar-refractivity contribution in [2.75, 3.05) is 32.0 Å². The zero-order chi connectivity index (χ0) is 16.5. The van der Waals surface area contributed by atoms with E-state index in [9.17, 15) is 4.79 Å². The minimum Gasteiger partial charge on any atom is -0.384 e. The highest BCUT2D eigenvalue weighted by Gasteiger charge is 2.18. The van der Waals surface area contributed by atoms with Crippen molar-refractivity contribution in [3.63, 3.8) is 0 Å². The normalized spacial score (nSPS) is 14.9. The molecule has 1 fully saturated rings. The van der Waals surface area contributed by atoms with Gasteiger partial charge in [-0.1, -0.05) is 12.1 Å². The van der Waals surface area contributed by atoms with E-state index in [0.717, 1.165) is 16.5 Å². The minimum absolute atomic E-state index is 0.0394. The Morgan fingerprint density at radius 2 is 1.92 bits per heavy atom. The molecule has 3 N–H and O–H groups in total. The minimum atomic E-state index is 0.0394. The molecule has 0 radical (unpaired) electrons. The number of hydrogen-bond donors (Lipinski definition) is 2. The highest BCUT2D eigenvalue weighted by Crippen LogP contribution is 2.25. The number of morpholine rings is 1. The molecule has 7 nitrogen and oxygen atoms in total. The van der Waals surface area contributed by atoms with Crippen LogP contribution in [0.2, 0.25) is 0 Å². The van der Waals surface area contributed by atoms with Gasteiger partial charge in [0.2, 0.25) is 0 Å². The first kappa shape index (κ1) is 14.6. The van der Waals surface area contributed by atoms with E-state index in [1.54, 1.807) is 6.20 Å². The monoisotopic (exact) mass is 323 g/mol. The second-order valence-electron chi connectivity index (χ2n) is 5.71. The van der Waals surface area contributed by atoms with Crippen LogP contribution in [0.5, 0.6) is 0 Å². The van der Waals surface area contributed by atoms with Crippen molar-refractivity contribution in [1.29, 1.82) is 0 Å². The standard InChI is InChI=1S/C17H17N5O2/c18-15-14-9-13(10-19-16(14)21-20-15)11-1-3-12(4-2-11)17(23)22-5-7-24-8-6-22/h1-4,9-10H,5-8H2,(H3,18,19,20,21). The molecule has 4 rings (SSSR count). The maximum absolute atomic E-state index is 12.5. The molecule has 3 aromatic rings. The number of amides is 1. The van der Waals surface area contributed by atoms with E-state index < -0.39 is 0 Å². The zero-order valence-electron chi connectivity index (χ0n) is 13.0. The molecule has 1 amide bonds. The number of benzene rings is 1. The third-order valence-electron chi connectivity index (χ3n) is 4.20. The number of carbonyl (C=O) groups is 1. The van der Waals surface area contributed by atoms with Crippen LogP contribution in [-0.4, -0.2) is 52.3 Å². The van der Waals surface area contributed by atoms with Crippen LogP contribution in [0, 0.1) is 0 Å². The number of nitrogens with one attached hydrogen (secondary N) is 1. The maximum atomic E-state index is 12.5. The fourth-order valence-corrected chi connectivity index (χ4v) is 2.83. The van der Waals surface area contributed by atoms with Crippen molar-refractivity contribution < 1.29 is 9.53 Å². The van der Waals surface area contributed by atoms with Crippen LogP contribution >= 0.6 is 0 Å².